The van der Waals surface area contributed by atoms with Crippen LogP contribution >= 0.6 is 11.6 Å². The highest BCUT2D eigenvalue weighted by atomic mass is 35.5. The lowest BCUT2D eigenvalue weighted by atomic mass is 9.77. The lowest BCUT2D eigenvalue weighted by molar-refractivity contribution is -0.148. The smallest absolute Gasteiger partial charge is 0.329 e. The molecular formula is C13H15ClN2O3. The Morgan fingerprint density at radius 3 is 2.58 bits per heavy atom. The van der Waals surface area contributed by atoms with Gasteiger partial charge in [0, 0.05) is 10.7 Å². The summed E-state index contributed by atoms with van der Waals surface area (Å²) in [5.41, 5.74) is 0.318. The second kappa shape index (κ2) is 5.09. The number of hydrogen-bond donors (Lipinski definition) is 3. The topological polar surface area (TPSA) is 78.4 Å². The molecule has 1 fully saturated rings. The minimum absolute atomic E-state index is 0.463. The number of rotatable bonds is 3. The highest BCUT2D eigenvalue weighted by Gasteiger charge is 2.45. The van der Waals surface area contributed by atoms with Gasteiger partial charge < -0.3 is 15.7 Å². The summed E-state index contributed by atoms with van der Waals surface area (Å²) < 4.78 is 0. The number of aryl methyl sites for hydroxylation is 1. The van der Waals surface area contributed by atoms with Crippen LogP contribution in [0, 0.1) is 6.92 Å². The van der Waals surface area contributed by atoms with Crippen LogP contribution in [0.15, 0.2) is 18.2 Å². The van der Waals surface area contributed by atoms with Crippen molar-refractivity contribution in [3.05, 3.63) is 28.8 Å². The predicted molar refractivity (Wildman–Crippen MR) is 72.6 cm³/mol. The van der Waals surface area contributed by atoms with Gasteiger partial charge in [-0.15, -0.1) is 0 Å². The zero-order chi connectivity index (χ0) is 14.0. The Hall–Kier alpha value is -1.75. The number of carbonyl (C=O) groups excluding carboxylic acids is 1. The second-order valence-electron chi connectivity index (χ2n) is 4.78. The Balaban J connectivity index is 2.05. The normalized spacial score (nSPS) is 16.3. The van der Waals surface area contributed by atoms with Gasteiger partial charge in [0.05, 0.1) is 0 Å². The van der Waals surface area contributed by atoms with Gasteiger partial charge in [-0.1, -0.05) is 17.7 Å². The fourth-order valence-corrected chi connectivity index (χ4v) is 2.19. The standard InChI is InChI=1S/C13H15ClN2O3/c1-8-3-4-9(14)7-10(8)15-12(19)16-13(11(17)18)5-2-6-13/h3-4,7H,2,5-6H2,1H3,(H,17,18)(H2,15,16,19). The minimum Gasteiger partial charge on any atom is -0.480 e. The van der Waals surface area contributed by atoms with Crippen LogP contribution in [0.2, 0.25) is 5.02 Å². The molecule has 0 spiro atoms. The van der Waals surface area contributed by atoms with Crippen molar-refractivity contribution >= 4 is 29.3 Å². The number of urea groups is 1. The molecule has 3 N–H and O–H groups in total. The van der Waals surface area contributed by atoms with E-state index < -0.39 is 17.5 Å². The average Bonchev–Trinajstić information content (AvgIpc) is 2.28. The van der Waals surface area contributed by atoms with Gasteiger partial charge in [-0.2, -0.15) is 0 Å². The summed E-state index contributed by atoms with van der Waals surface area (Å²) in [4.78, 5) is 23.0. The van der Waals surface area contributed by atoms with E-state index in [1.54, 1.807) is 18.2 Å². The average molecular weight is 283 g/mol. The first-order valence-corrected chi connectivity index (χ1v) is 6.39. The zero-order valence-electron chi connectivity index (χ0n) is 10.5. The second-order valence-corrected chi connectivity index (χ2v) is 5.22. The summed E-state index contributed by atoms with van der Waals surface area (Å²) in [6.07, 6.45) is 1.73. The van der Waals surface area contributed by atoms with Gasteiger partial charge in [-0.05, 0) is 43.9 Å². The molecule has 1 aliphatic carbocycles. The van der Waals surface area contributed by atoms with Crippen molar-refractivity contribution < 1.29 is 14.7 Å². The molecular weight excluding hydrogens is 268 g/mol. The maximum absolute atomic E-state index is 11.9. The van der Waals surface area contributed by atoms with E-state index in [2.05, 4.69) is 10.6 Å². The Morgan fingerprint density at radius 2 is 2.05 bits per heavy atom. The van der Waals surface area contributed by atoms with Crippen LogP contribution in [0.1, 0.15) is 24.8 Å². The van der Waals surface area contributed by atoms with Crippen molar-refractivity contribution in [2.45, 2.75) is 31.7 Å². The number of hydrogen-bond acceptors (Lipinski definition) is 2. The molecule has 0 heterocycles. The lowest BCUT2D eigenvalue weighted by Gasteiger charge is -2.38. The van der Waals surface area contributed by atoms with Crippen LogP contribution in [0.3, 0.4) is 0 Å². The molecule has 0 atom stereocenters. The number of halogens is 1. The van der Waals surface area contributed by atoms with E-state index in [9.17, 15) is 9.59 Å². The number of carboxylic acid groups (broad SMARTS) is 1. The molecule has 0 aliphatic heterocycles. The van der Waals surface area contributed by atoms with Gasteiger partial charge in [0.1, 0.15) is 5.54 Å². The maximum Gasteiger partial charge on any atom is 0.329 e. The first kappa shape index (κ1) is 13.7. The number of benzene rings is 1. The number of aliphatic carboxylic acids is 1. The molecule has 1 aromatic carbocycles. The molecule has 1 aromatic rings. The monoisotopic (exact) mass is 282 g/mol. The number of carboxylic acids is 1. The fourth-order valence-electron chi connectivity index (χ4n) is 2.02. The van der Waals surface area contributed by atoms with E-state index in [-0.39, 0.29) is 0 Å². The van der Waals surface area contributed by atoms with Crippen molar-refractivity contribution in [3.63, 3.8) is 0 Å². The molecule has 1 saturated carbocycles. The summed E-state index contributed by atoms with van der Waals surface area (Å²) in [7, 11) is 0. The summed E-state index contributed by atoms with van der Waals surface area (Å²) in [6.45, 7) is 1.84. The van der Waals surface area contributed by atoms with Gasteiger partial charge in [0.25, 0.3) is 0 Å². The third kappa shape index (κ3) is 2.81. The number of carbonyl (C=O) groups is 2. The van der Waals surface area contributed by atoms with E-state index >= 15 is 0 Å². The molecule has 2 rings (SSSR count). The van der Waals surface area contributed by atoms with E-state index in [0.717, 1.165) is 12.0 Å². The van der Waals surface area contributed by atoms with Crippen molar-refractivity contribution in [2.24, 2.45) is 0 Å². The quantitative estimate of drug-likeness (QED) is 0.797. The van der Waals surface area contributed by atoms with Gasteiger partial charge in [0.2, 0.25) is 0 Å². The van der Waals surface area contributed by atoms with Crippen molar-refractivity contribution in [1.29, 1.82) is 0 Å². The molecule has 1 aliphatic rings. The third-order valence-electron chi connectivity index (χ3n) is 3.42. The molecule has 2 amide bonds. The minimum atomic E-state index is -1.11. The van der Waals surface area contributed by atoms with Crippen LogP contribution in [0.4, 0.5) is 10.5 Å². The van der Waals surface area contributed by atoms with Crippen molar-refractivity contribution in [1.82, 2.24) is 5.32 Å². The Bertz CT molecular complexity index is 527. The van der Waals surface area contributed by atoms with Crippen molar-refractivity contribution in [2.75, 3.05) is 5.32 Å². The van der Waals surface area contributed by atoms with Crippen LogP contribution in [0.25, 0.3) is 0 Å². The van der Waals surface area contributed by atoms with Crippen LogP contribution < -0.4 is 10.6 Å². The fraction of sp³-hybridized carbons (Fsp3) is 0.385. The first-order chi connectivity index (χ1) is 8.93. The van der Waals surface area contributed by atoms with Gasteiger partial charge in [0.15, 0.2) is 0 Å². The molecule has 0 radical (unpaired) electrons. The van der Waals surface area contributed by atoms with Crippen molar-refractivity contribution in [3.8, 4) is 0 Å². The van der Waals surface area contributed by atoms with Gasteiger partial charge >= 0.3 is 12.0 Å². The Kier molecular flexibility index (Phi) is 3.66. The highest BCUT2D eigenvalue weighted by Crippen LogP contribution is 2.32. The molecule has 19 heavy (non-hydrogen) atoms. The van der Waals surface area contributed by atoms with E-state index in [0.29, 0.717) is 23.6 Å². The summed E-state index contributed by atoms with van der Waals surface area (Å²) in [6, 6.07) is 4.62. The van der Waals surface area contributed by atoms with E-state index in [1.807, 2.05) is 6.92 Å². The molecule has 0 aromatic heterocycles. The number of anilines is 1. The van der Waals surface area contributed by atoms with Gasteiger partial charge in [-0.25, -0.2) is 9.59 Å². The van der Waals surface area contributed by atoms with Crippen LogP contribution in [-0.4, -0.2) is 22.6 Å². The maximum atomic E-state index is 11.9. The summed E-state index contributed by atoms with van der Waals surface area (Å²) in [5, 5.41) is 14.8. The van der Waals surface area contributed by atoms with Crippen LogP contribution in [-0.2, 0) is 4.79 Å². The van der Waals surface area contributed by atoms with E-state index in [4.69, 9.17) is 16.7 Å². The summed E-state index contributed by atoms with van der Waals surface area (Å²) >= 11 is 5.86. The number of nitrogens with one attached hydrogen (secondary N) is 2. The molecule has 0 unspecified atom stereocenters. The molecule has 0 saturated heterocycles. The molecule has 5 nitrogen and oxygen atoms in total. The number of amides is 2. The molecule has 6 heteroatoms. The zero-order valence-corrected chi connectivity index (χ0v) is 11.3. The first-order valence-electron chi connectivity index (χ1n) is 6.02. The Morgan fingerprint density at radius 1 is 1.37 bits per heavy atom. The van der Waals surface area contributed by atoms with Crippen LogP contribution in [0.5, 0.6) is 0 Å². The Labute approximate surface area is 116 Å². The SMILES string of the molecule is Cc1ccc(Cl)cc1NC(=O)NC1(C(=O)O)CCC1. The third-order valence-corrected chi connectivity index (χ3v) is 3.65. The largest absolute Gasteiger partial charge is 0.480 e. The summed E-state index contributed by atoms with van der Waals surface area (Å²) in [5.74, 6) is -0.989. The lowest BCUT2D eigenvalue weighted by Crippen LogP contribution is -2.60. The molecule has 0 bridgehead atoms. The molecule has 102 valence electrons. The van der Waals surface area contributed by atoms with Gasteiger partial charge in [-0.3, -0.25) is 0 Å². The van der Waals surface area contributed by atoms with E-state index in [1.165, 1.54) is 0 Å². The predicted octanol–water partition coefficient (Wildman–Crippen LogP) is 2.78. The highest BCUT2D eigenvalue weighted by molar-refractivity contribution is 6.31.